The van der Waals surface area contributed by atoms with Crippen molar-refractivity contribution in [3.8, 4) is 0 Å². The summed E-state index contributed by atoms with van der Waals surface area (Å²) in [6, 6.07) is 0. The zero-order valence-corrected chi connectivity index (χ0v) is 7.15. The van der Waals surface area contributed by atoms with Crippen molar-refractivity contribution < 1.29 is 37.8 Å². The molecule has 0 heterocycles. The fraction of sp³-hybridized carbons (Fsp3) is 0.200. The van der Waals surface area contributed by atoms with Crippen molar-refractivity contribution in [2.75, 3.05) is 0 Å². The van der Waals surface area contributed by atoms with Gasteiger partial charge in [0, 0.05) is 0 Å². The molecule has 0 aromatic rings. The van der Waals surface area contributed by atoms with Crippen molar-refractivity contribution in [3.63, 3.8) is 0 Å². The Morgan fingerprint density at radius 3 is 2.29 bits per heavy atom. The van der Waals surface area contributed by atoms with Crippen LogP contribution in [0.25, 0.3) is 0 Å². The molecule has 7 heavy (non-hydrogen) atoms. The first-order valence-corrected chi connectivity index (χ1v) is 1.65. The van der Waals surface area contributed by atoms with Crippen molar-refractivity contribution in [2.24, 2.45) is 0 Å². The van der Waals surface area contributed by atoms with E-state index in [9.17, 15) is 0 Å². The number of hydrogen-bond acceptors (Lipinski definition) is 1. The number of aliphatic hydroxyl groups is 1. The van der Waals surface area contributed by atoms with Crippen LogP contribution >= 0.6 is 0 Å². The van der Waals surface area contributed by atoms with E-state index in [1.165, 1.54) is 6.08 Å². The second-order valence-corrected chi connectivity index (χ2v) is 0.990. The number of aliphatic hydroxyl groups excluding tert-OH is 1. The molecule has 0 fully saturated rings. The predicted molar refractivity (Wildman–Crippen MR) is 25.3 cm³/mol. The fourth-order valence-corrected chi connectivity index (χ4v) is 0.148. The summed E-state index contributed by atoms with van der Waals surface area (Å²) in [5.41, 5.74) is 0. The van der Waals surface area contributed by atoms with E-state index in [0.29, 0.717) is 0 Å². The van der Waals surface area contributed by atoms with E-state index in [1.54, 1.807) is 6.92 Å². The van der Waals surface area contributed by atoms with Gasteiger partial charge in [-0.3, -0.25) is 6.08 Å². The zero-order valence-electron chi connectivity index (χ0n) is 4.31. The zero-order chi connectivity index (χ0) is 4.99. The maximum atomic E-state index is 8.31. The van der Waals surface area contributed by atoms with Crippen molar-refractivity contribution in [1.82, 2.24) is 0 Å². The van der Waals surface area contributed by atoms with E-state index in [2.05, 4.69) is 12.7 Å². The number of allylic oxidation sites excluding steroid dienone is 3. The average molecular weight is 172 g/mol. The molecule has 1 nitrogen and oxygen atoms in total. The van der Waals surface area contributed by atoms with Crippen molar-refractivity contribution >= 4 is 0 Å². The second kappa shape index (κ2) is 6.38. The first-order chi connectivity index (χ1) is 2.77. The first-order valence-electron chi connectivity index (χ1n) is 1.65. The van der Waals surface area contributed by atoms with Gasteiger partial charge in [-0.25, -0.2) is 0 Å². The summed E-state index contributed by atoms with van der Waals surface area (Å²) in [5, 5.41) is 8.31. The Labute approximate surface area is 69.0 Å². The Morgan fingerprint density at radius 2 is 2.29 bits per heavy atom. The summed E-state index contributed by atoms with van der Waals surface area (Å²) in [6.07, 6.45) is 3.81. The first kappa shape index (κ1) is 10.4. The van der Waals surface area contributed by atoms with Gasteiger partial charge in [0.15, 0.2) is 0 Å². The molecule has 0 aromatic heterocycles. The third-order valence-corrected chi connectivity index (χ3v) is 0.311. The smallest absolute Gasteiger partial charge is 0.597 e. The van der Waals surface area contributed by atoms with Gasteiger partial charge >= 0.3 is 32.7 Å². The molecule has 0 aliphatic carbocycles. The Kier molecular flexibility index (Phi) is 9.47. The largest absolute Gasteiger partial charge is 3.00 e. The normalized spacial score (nSPS) is 9.57. The van der Waals surface area contributed by atoms with Crippen LogP contribution in [0.1, 0.15) is 6.92 Å². The summed E-state index contributed by atoms with van der Waals surface area (Å²) < 4.78 is 0. The third-order valence-electron chi connectivity index (χ3n) is 0.311. The van der Waals surface area contributed by atoms with Crippen LogP contribution in [0.2, 0.25) is 0 Å². The standard InChI is InChI=1S/C5H7O.Y/c1-3-4-5(2)6;/h4,6H,1H2,2H3;/q-1;+3/b5-4-;. The fourth-order valence-electron chi connectivity index (χ4n) is 0.148. The summed E-state index contributed by atoms with van der Waals surface area (Å²) >= 11 is 0. The van der Waals surface area contributed by atoms with Gasteiger partial charge in [0.05, 0.1) is 0 Å². The van der Waals surface area contributed by atoms with Crippen LogP contribution in [-0.4, -0.2) is 5.11 Å². The van der Waals surface area contributed by atoms with Crippen LogP contribution < -0.4 is 0 Å². The molecule has 0 atom stereocenters. The Morgan fingerprint density at radius 1 is 1.86 bits per heavy atom. The molecule has 0 aliphatic rings. The molecular formula is C5H7OY+2. The van der Waals surface area contributed by atoms with Gasteiger partial charge in [0.25, 0.3) is 0 Å². The van der Waals surface area contributed by atoms with Gasteiger partial charge in [-0.2, -0.15) is 12.7 Å². The Hall–Kier alpha value is 0.384. The van der Waals surface area contributed by atoms with Gasteiger partial charge in [0.1, 0.15) is 0 Å². The molecule has 0 unspecified atom stereocenters. The molecule has 0 radical (unpaired) electrons. The van der Waals surface area contributed by atoms with Crippen molar-refractivity contribution in [2.45, 2.75) is 6.92 Å². The van der Waals surface area contributed by atoms with Crippen LogP contribution in [0.5, 0.6) is 0 Å². The van der Waals surface area contributed by atoms with Crippen LogP contribution in [0, 0.1) is 6.08 Å². The molecule has 34 valence electrons. The summed E-state index contributed by atoms with van der Waals surface area (Å²) in [7, 11) is 0. The number of rotatable bonds is 1. The molecule has 0 spiro atoms. The maximum absolute atomic E-state index is 8.31. The number of hydrogen-bond donors (Lipinski definition) is 1. The summed E-state index contributed by atoms with van der Waals surface area (Å²) in [6.45, 7) is 4.81. The van der Waals surface area contributed by atoms with Gasteiger partial charge in [-0.05, 0) is 0 Å². The topological polar surface area (TPSA) is 20.2 Å². The maximum Gasteiger partial charge on any atom is 3.00 e. The Bertz CT molecular complexity index is 72.1. The molecule has 0 aromatic carbocycles. The summed E-state index contributed by atoms with van der Waals surface area (Å²) in [4.78, 5) is 0. The van der Waals surface area contributed by atoms with Crippen LogP contribution in [0.3, 0.4) is 0 Å². The van der Waals surface area contributed by atoms with E-state index >= 15 is 0 Å². The monoisotopic (exact) mass is 172 g/mol. The van der Waals surface area contributed by atoms with Gasteiger partial charge in [-0.15, -0.1) is 0 Å². The van der Waals surface area contributed by atoms with Gasteiger partial charge in [-0.1, -0.05) is 12.7 Å². The van der Waals surface area contributed by atoms with Crippen LogP contribution in [0.15, 0.2) is 18.4 Å². The molecule has 0 amide bonds. The molecule has 1 N–H and O–H groups in total. The average Bonchev–Trinajstić information content (AvgIpc) is 1.35. The minimum Gasteiger partial charge on any atom is -0.597 e. The molecule has 0 bridgehead atoms. The van der Waals surface area contributed by atoms with Gasteiger partial charge in [0.2, 0.25) is 0 Å². The minimum absolute atomic E-state index is 0. The third kappa shape index (κ3) is 10.7. The molecular weight excluding hydrogens is 165 g/mol. The SMILES string of the molecule is C=[C-]/C=C(/C)O.[Y+3]. The van der Waals surface area contributed by atoms with E-state index in [0.717, 1.165) is 0 Å². The predicted octanol–water partition coefficient (Wildman–Crippen LogP) is 1.43. The minimum atomic E-state index is 0. The van der Waals surface area contributed by atoms with E-state index < -0.39 is 0 Å². The molecule has 2 heteroatoms. The van der Waals surface area contributed by atoms with E-state index in [1.807, 2.05) is 0 Å². The van der Waals surface area contributed by atoms with E-state index in [-0.39, 0.29) is 38.5 Å². The summed E-state index contributed by atoms with van der Waals surface area (Å²) in [5.74, 6) is 0.241. The molecule has 0 rings (SSSR count). The van der Waals surface area contributed by atoms with Crippen molar-refractivity contribution in [1.29, 1.82) is 0 Å². The molecule has 0 saturated carbocycles. The van der Waals surface area contributed by atoms with E-state index in [4.69, 9.17) is 5.11 Å². The molecule has 0 saturated heterocycles. The Balaban J connectivity index is 0. The van der Waals surface area contributed by atoms with Crippen LogP contribution in [0.4, 0.5) is 0 Å². The van der Waals surface area contributed by atoms with Crippen LogP contribution in [-0.2, 0) is 32.7 Å². The molecule has 0 aliphatic heterocycles. The quantitative estimate of drug-likeness (QED) is 0.360. The van der Waals surface area contributed by atoms with Gasteiger partial charge < -0.3 is 5.11 Å². The van der Waals surface area contributed by atoms with Crippen molar-refractivity contribution in [3.05, 3.63) is 24.5 Å². The second-order valence-electron chi connectivity index (χ2n) is 0.990.